The fraction of sp³-hybridized carbons (Fsp3) is 0.375. The summed E-state index contributed by atoms with van der Waals surface area (Å²) >= 11 is 6.85. The lowest BCUT2D eigenvalue weighted by Gasteiger charge is -2.25. The fourth-order valence-electron chi connectivity index (χ4n) is 2.66. The number of carbonyl (C=O) groups is 1. The van der Waals surface area contributed by atoms with Crippen LogP contribution in [0.2, 0.25) is 0 Å². The predicted octanol–water partition coefficient (Wildman–Crippen LogP) is 4.10. The zero-order valence-corrected chi connectivity index (χ0v) is 15.8. The summed E-state index contributed by atoms with van der Waals surface area (Å²) in [6.45, 7) is 1.58. The first-order chi connectivity index (χ1) is 11.2. The lowest BCUT2D eigenvalue weighted by molar-refractivity contribution is -0.128. The molecule has 1 aliphatic heterocycles. The third-order valence-electron chi connectivity index (χ3n) is 3.79. The summed E-state index contributed by atoms with van der Waals surface area (Å²) in [6, 6.07) is 8.39. The molecule has 122 valence electrons. The molecule has 1 saturated heterocycles. The number of benzene rings is 1. The zero-order valence-electron chi connectivity index (χ0n) is 12.6. The highest BCUT2D eigenvalue weighted by atomic mass is 79.9. The van der Waals surface area contributed by atoms with Gasteiger partial charge in [-0.2, -0.15) is 0 Å². The van der Waals surface area contributed by atoms with Gasteiger partial charge >= 0.3 is 0 Å². The van der Waals surface area contributed by atoms with Crippen LogP contribution < -0.4 is 5.32 Å². The summed E-state index contributed by atoms with van der Waals surface area (Å²) < 4.78 is 2.13. The SMILES string of the molecule is O=C1CC[C@H](CNc2cccc(Br)c2)N1CCSc1nccs1. The minimum absolute atomic E-state index is 0.269. The van der Waals surface area contributed by atoms with Gasteiger partial charge in [0.25, 0.3) is 0 Å². The van der Waals surface area contributed by atoms with E-state index in [0.717, 1.165) is 39.8 Å². The molecule has 0 bridgehead atoms. The Bertz CT molecular complexity index is 651. The standard InChI is InChI=1S/C16H18BrN3OS2/c17-12-2-1-3-13(10-12)19-11-14-4-5-15(21)20(14)7-9-23-16-18-6-8-22-16/h1-3,6,8,10,14,19H,4-5,7,9,11H2/t14-/m1/s1. The van der Waals surface area contributed by atoms with E-state index in [9.17, 15) is 4.79 Å². The predicted molar refractivity (Wildman–Crippen MR) is 100 cm³/mol. The molecular weight excluding hydrogens is 394 g/mol. The number of carbonyl (C=O) groups excluding carboxylic acids is 1. The summed E-state index contributed by atoms with van der Waals surface area (Å²) in [5, 5.41) is 5.42. The monoisotopic (exact) mass is 411 g/mol. The van der Waals surface area contributed by atoms with Crippen LogP contribution in [0.3, 0.4) is 0 Å². The van der Waals surface area contributed by atoms with Gasteiger partial charge in [-0.3, -0.25) is 4.79 Å². The summed E-state index contributed by atoms with van der Waals surface area (Å²) in [5.74, 6) is 1.16. The second-order valence-corrected chi connectivity index (χ2v) is 8.47. The van der Waals surface area contributed by atoms with Gasteiger partial charge in [0.15, 0.2) is 0 Å². The molecule has 2 aromatic rings. The Balaban J connectivity index is 1.50. The molecule has 7 heteroatoms. The van der Waals surface area contributed by atoms with E-state index in [-0.39, 0.29) is 11.9 Å². The van der Waals surface area contributed by atoms with Gasteiger partial charge < -0.3 is 10.2 Å². The number of hydrogen-bond donors (Lipinski definition) is 1. The molecule has 1 N–H and O–H groups in total. The Hall–Kier alpha value is -1.05. The Morgan fingerprint density at radius 2 is 2.39 bits per heavy atom. The number of anilines is 1. The van der Waals surface area contributed by atoms with Gasteiger partial charge in [0.2, 0.25) is 5.91 Å². The van der Waals surface area contributed by atoms with Crippen LogP contribution in [0.1, 0.15) is 12.8 Å². The normalized spacial score (nSPS) is 17.7. The number of nitrogens with zero attached hydrogens (tertiary/aromatic N) is 2. The summed E-state index contributed by atoms with van der Waals surface area (Å²) in [7, 11) is 0. The van der Waals surface area contributed by atoms with Crippen molar-refractivity contribution in [1.82, 2.24) is 9.88 Å². The number of thioether (sulfide) groups is 1. The maximum absolute atomic E-state index is 12.1. The molecule has 23 heavy (non-hydrogen) atoms. The summed E-state index contributed by atoms with van der Waals surface area (Å²) in [6.07, 6.45) is 3.41. The first-order valence-electron chi connectivity index (χ1n) is 7.53. The Morgan fingerprint density at radius 3 is 3.17 bits per heavy atom. The van der Waals surface area contributed by atoms with Crippen molar-refractivity contribution in [3.63, 3.8) is 0 Å². The number of amides is 1. The molecule has 1 aliphatic rings. The molecule has 0 aliphatic carbocycles. The molecular formula is C16H18BrN3OS2. The van der Waals surface area contributed by atoms with Gasteiger partial charge in [0.1, 0.15) is 4.34 Å². The number of likely N-dealkylation sites (tertiary alicyclic amines) is 1. The minimum Gasteiger partial charge on any atom is -0.383 e. The molecule has 3 rings (SSSR count). The third-order valence-corrected chi connectivity index (χ3v) is 6.23. The van der Waals surface area contributed by atoms with E-state index < -0.39 is 0 Å². The second-order valence-electron chi connectivity index (χ2n) is 5.32. The topological polar surface area (TPSA) is 45.2 Å². The average Bonchev–Trinajstić information content (AvgIpc) is 3.17. The van der Waals surface area contributed by atoms with E-state index in [4.69, 9.17) is 0 Å². The average molecular weight is 412 g/mol. The molecule has 1 aromatic carbocycles. The van der Waals surface area contributed by atoms with Crippen molar-refractivity contribution in [2.75, 3.05) is 24.2 Å². The molecule has 0 spiro atoms. The number of thiazole rings is 1. The first kappa shape index (κ1) is 16.8. The van der Waals surface area contributed by atoms with Crippen molar-refractivity contribution in [1.29, 1.82) is 0 Å². The maximum Gasteiger partial charge on any atom is 0.222 e. The van der Waals surface area contributed by atoms with E-state index in [1.807, 2.05) is 34.7 Å². The van der Waals surface area contributed by atoms with Crippen LogP contribution in [0, 0.1) is 0 Å². The molecule has 1 atom stereocenters. The van der Waals surface area contributed by atoms with Gasteiger partial charge in [-0.05, 0) is 24.6 Å². The molecule has 1 fully saturated rings. The molecule has 0 radical (unpaired) electrons. The van der Waals surface area contributed by atoms with Crippen LogP contribution in [0.15, 0.2) is 44.7 Å². The van der Waals surface area contributed by atoms with Crippen LogP contribution >= 0.6 is 39.0 Å². The van der Waals surface area contributed by atoms with Crippen molar-refractivity contribution in [2.24, 2.45) is 0 Å². The summed E-state index contributed by atoms with van der Waals surface area (Å²) in [5.41, 5.74) is 1.08. The smallest absolute Gasteiger partial charge is 0.222 e. The molecule has 0 saturated carbocycles. The Kier molecular flexibility index (Phi) is 5.96. The van der Waals surface area contributed by atoms with Gasteiger partial charge in [-0.25, -0.2) is 4.98 Å². The van der Waals surface area contributed by atoms with E-state index in [1.54, 1.807) is 23.1 Å². The maximum atomic E-state index is 12.1. The van der Waals surface area contributed by atoms with Crippen LogP contribution in [0.5, 0.6) is 0 Å². The van der Waals surface area contributed by atoms with Gasteiger partial charge in [-0.15, -0.1) is 11.3 Å². The van der Waals surface area contributed by atoms with E-state index in [1.165, 1.54) is 0 Å². The largest absolute Gasteiger partial charge is 0.383 e. The fourth-order valence-corrected chi connectivity index (χ4v) is 4.71. The van der Waals surface area contributed by atoms with Crippen LogP contribution in [-0.4, -0.2) is 40.7 Å². The van der Waals surface area contributed by atoms with Gasteiger partial charge in [0, 0.05) is 53.0 Å². The highest BCUT2D eigenvalue weighted by molar-refractivity contribution is 9.10. The summed E-state index contributed by atoms with van der Waals surface area (Å²) in [4.78, 5) is 18.4. The number of nitrogens with one attached hydrogen (secondary N) is 1. The third kappa shape index (κ3) is 4.71. The van der Waals surface area contributed by atoms with Crippen LogP contribution in [0.4, 0.5) is 5.69 Å². The van der Waals surface area contributed by atoms with Gasteiger partial charge in [-0.1, -0.05) is 33.8 Å². The highest BCUT2D eigenvalue weighted by Crippen LogP contribution is 2.24. The zero-order chi connectivity index (χ0) is 16.1. The van der Waals surface area contributed by atoms with Crippen molar-refractivity contribution in [2.45, 2.75) is 23.2 Å². The Labute approximate surface area is 152 Å². The van der Waals surface area contributed by atoms with E-state index in [0.29, 0.717) is 6.42 Å². The van der Waals surface area contributed by atoms with Gasteiger partial charge in [0.05, 0.1) is 0 Å². The molecule has 1 amide bonds. The van der Waals surface area contributed by atoms with Crippen molar-refractivity contribution in [3.8, 4) is 0 Å². The lowest BCUT2D eigenvalue weighted by atomic mass is 10.2. The van der Waals surface area contributed by atoms with Crippen LogP contribution in [-0.2, 0) is 4.79 Å². The quantitative estimate of drug-likeness (QED) is 0.696. The van der Waals surface area contributed by atoms with Crippen molar-refractivity contribution >= 4 is 50.6 Å². The van der Waals surface area contributed by atoms with E-state index in [2.05, 4.69) is 32.3 Å². The molecule has 4 nitrogen and oxygen atoms in total. The number of aromatic nitrogens is 1. The van der Waals surface area contributed by atoms with Crippen molar-refractivity contribution in [3.05, 3.63) is 40.3 Å². The van der Waals surface area contributed by atoms with E-state index >= 15 is 0 Å². The minimum atomic E-state index is 0.269. The molecule has 0 unspecified atom stereocenters. The Morgan fingerprint density at radius 1 is 1.48 bits per heavy atom. The van der Waals surface area contributed by atoms with Crippen molar-refractivity contribution < 1.29 is 4.79 Å². The first-order valence-corrected chi connectivity index (χ1v) is 10.2. The number of hydrogen-bond acceptors (Lipinski definition) is 5. The lowest BCUT2D eigenvalue weighted by Crippen LogP contribution is -2.39. The van der Waals surface area contributed by atoms with Crippen LogP contribution in [0.25, 0.3) is 0 Å². The number of halogens is 1. The number of rotatable bonds is 7. The molecule has 2 heterocycles. The molecule has 1 aromatic heterocycles. The second kappa shape index (κ2) is 8.17. The highest BCUT2D eigenvalue weighted by Gasteiger charge is 2.30.